The van der Waals surface area contributed by atoms with Crippen molar-refractivity contribution < 1.29 is 33.0 Å². The van der Waals surface area contributed by atoms with E-state index in [1.807, 2.05) is 0 Å². The van der Waals surface area contributed by atoms with Gasteiger partial charge in [-0.15, -0.1) is 0 Å². The number of carbonyl (C=O) groups excluding carboxylic acids is 2. The van der Waals surface area contributed by atoms with Gasteiger partial charge in [0.15, 0.2) is 17.4 Å². The number of hydrogen-bond donors (Lipinski definition) is 4. The van der Waals surface area contributed by atoms with E-state index in [-0.39, 0.29) is 52.9 Å². The summed E-state index contributed by atoms with van der Waals surface area (Å²) in [5.41, 5.74) is 5.39. The number of anilines is 1. The average Bonchev–Trinajstić information content (AvgIpc) is 3.61. The summed E-state index contributed by atoms with van der Waals surface area (Å²) < 4.78 is 40.5. The molecule has 34 heavy (non-hydrogen) atoms. The van der Waals surface area contributed by atoms with Crippen LogP contribution in [0.1, 0.15) is 23.2 Å². The molecule has 1 heterocycles. The Kier molecular flexibility index (Phi) is 6.66. The van der Waals surface area contributed by atoms with E-state index >= 15 is 0 Å². The molecule has 12 heteroatoms. The molecule has 0 atom stereocenters. The Bertz CT molecular complexity index is 1290. The average molecular weight is 493 g/mol. The van der Waals surface area contributed by atoms with Crippen molar-refractivity contribution in [2.45, 2.75) is 18.9 Å². The lowest BCUT2D eigenvalue weighted by molar-refractivity contribution is 0.0994. The number of aliphatic hydroxyl groups excluding tert-OH is 1. The summed E-state index contributed by atoms with van der Waals surface area (Å²) >= 11 is 6.01. The zero-order valence-electron chi connectivity index (χ0n) is 17.5. The van der Waals surface area contributed by atoms with E-state index in [1.165, 1.54) is 24.4 Å². The second-order valence-electron chi connectivity index (χ2n) is 7.45. The van der Waals surface area contributed by atoms with Crippen molar-refractivity contribution in [3.63, 3.8) is 0 Å². The summed E-state index contributed by atoms with van der Waals surface area (Å²) in [5.74, 6) is -3.95. The van der Waals surface area contributed by atoms with Crippen molar-refractivity contribution in [1.82, 2.24) is 10.3 Å². The zero-order chi connectivity index (χ0) is 24.4. The molecule has 0 aliphatic heterocycles. The monoisotopic (exact) mass is 492 g/mol. The van der Waals surface area contributed by atoms with E-state index in [9.17, 15) is 18.4 Å². The normalized spacial score (nSPS) is 12.9. The number of hydrogen-bond acceptors (Lipinski definition) is 6. The molecule has 4 rings (SSSR count). The number of rotatable bonds is 8. The van der Waals surface area contributed by atoms with Gasteiger partial charge in [0.2, 0.25) is 0 Å². The number of nitrogens with one attached hydrogen (secondary N) is 2. The molecule has 1 fully saturated rings. The summed E-state index contributed by atoms with van der Waals surface area (Å²) in [5, 5.41) is 13.6. The first-order valence-corrected chi connectivity index (χ1v) is 10.6. The molecule has 2 aromatic carbocycles. The van der Waals surface area contributed by atoms with Crippen molar-refractivity contribution in [2.24, 2.45) is 5.73 Å². The first-order valence-electron chi connectivity index (χ1n) is 10.2. The molecule has 3 aromatic rings. The highest BCUT2D eigenvalue weighted by Gasteiger charge is 2.25. The fraction of sp³-hybridized carbons (Fsp3) is 0.227. The predicted octanol–water partition coefficient (Wildman–Crippen LogP) is 3.71. The maximum atomic E-state index is 14.9. The topological polar surface area (TPSA) is 136 Å². The number of amides is 3. The van der Waals surface area contributed by atoms with Gasteiger partial charge in [0.05, 0.1) is 23.4 Å². The van der Waals surface area contributed by atoms with Gasteiger partial charge in [-0.25, -0.2) is 13.6 Å². The Morgan fingerprint density at radius 3 is 2.68 bits per heavy atom. The molecule has 0 radical (unpaired) electrons. The van der Waals surface area contributed by atoms with Gasteiger partial charge >= 0.3 is 6.03 Å². The van der Waals surface area contributed by atoms with Crippen molar-refractivity contribution in [3.05, 3.63) is 52.7 Å². The number of fused-ring (bicyclic) bond motifs is 1. The molecule has 3 amide bonds. The molecule has 1 saturated carbocycles. The number of nitrogens with two attached hydrogens (primary N) is 1. The predicted molar refractivity (Wildman–Crippen MR) is 119 cm³/mol. The number of halogens is 3. The minimum Gasteiger partial charge on any atom is -0.490 e. The first kappa shape index (κ1) is 23.5. The highest BCUT2D eigenvalue weighted by Crippen LogP contribution is 2.39. The van der Waals surface area contributed by atoms with Crippen LogP contribution in [0, 0.1) is 11.6 Å². The molecular formula is C22H19ClF2N4O5. The quantitative estimate of drug-likeness (QED) is 0.354. The highest BCUT2D eigenvalue weighted by molar-refractivity contribution is 6.34. The van der Waals surface area contributed by atoms with Crippen molar-refractivity contribution >= 4 is 40.1 Å². The molecule has 178 valence electrons. The number of ether oxygens (including phenoxy) is 2. The third-order valence-electron chi connectivity index (χ3n) is 4.91. The maximum Gasteiger partial charge on any atom is 0.319 e. The Labute approximate surface area is 196 Å². The van der Waals surface area contributed by atoms with E-state index in [2.05, 4.69) is 15.6 Å². The molecule has 0 unspecified atom stereocenters. The summed E-state index contributed by atoms with van der Waals surface area (Å²) in [7, 11) is 0. The van der Waals surface area contributed by atoms with Crippen LogP contribution in [0.5, 0.6) is 17.2 Å². The van der Waals surface area contributed by atoms with Crippen LogP contribution in [0.3, 0.4) is 0 Å². The minimum atomic E-state index is -1.23. The van der Waals surface area contributed by atoms with Gasteiger partial charge < -0.3 is 30.9 Å². The molecule has 1 aromatic heterocycles. The lowest BCUT2D eigenvalue weighted by Gasteiger charge is -2.15. The number of aromatic nitrogens is 1. The number of carbonyl (C=O) groups is 2. The third-order valence-corrected chi connectivity index (χ3v) is 5.28. The number of benzene rings is 2. The number of primary amides is 1. The molecular weight excluding hydrogens is 474 g/mol. The second-order valence-corrected chi connectivity index (χ2v) is 7.83. The second kappa shape index (κ2) is 9.65. The Morgan fingerprint density at radius 2 is 2.00 bits per heavy atom. The van der Waals surface area contributed by atoms with Gasteiger partial charge in [0.1, 0.15) is 23.1 Å². The van der Waals surface area contributed by atoms with Crippen LogP contribution in [0.2, 0.25) is 5.02 Å². The highest BCUT2D eigenvalue weighted by atomic mass is 35.5. The molecule has 1 aliphatic carbocycles. The van der Waals surface area contributed by atoms with Crippen molar-refractivity contribution in [3.8, 4) is 17.2 Å². The molecule has 0 spiro atoms. The Hall–Kier alpha value is -3.70. The van der Waals surface area contributed by atoms with E-state index in [1.54, 1.807) is 0 Å². The Morgan fingerprint density at radius 1 is 1.24 bits per heavy atom. The molecule has 5 N–H and O–H groups in total. The summed E-state index contributed by atoms with van der Waals surface area (Å²) in [4.78, 5) is 28.0. The minimum absolute atomic E-state index is 0.0379. The lowest BCUT2D eigenvalue weighted by atomic mass is 10.1. The van der Waals surface area contributed by atoms with Crippen LogP contribution in [0.15, 0.2) is 30.5 Å². The first-order chi connectivity index (χ1) is 16.3. The zero-order valence-corrected chi connectivity index (χ0v) is 18.3. The van der Waals surface area contributed by atoms with Gasteiger partial charge in [-0.1, -0.05) is 11.6 Å². The van der Waals surface area contributed by atoms with E-state index in [4.69, 9.17) is 31.9 Å². The summed E-state index contributed by atoms with van der Waals surface area (Å²) in [6, 6.07) is 4.28. The summed E-state index contributed by atoms with van der Waals surface area (Å²) in [6.07, 6.45) is 3.00. The number of nitrogens with zero attached hydrogens (tertiary/aromatic N) is 1. The fourth-order valence-electron chi connectivity index (χ4n) is 3.15. The van der Waals surface area contributed by atoms with Gasteiger partial charge in [-0.05, 0) is 25.0 Å². The van der Waals surface area contributed by atoms with Gasteiger partial charge in [0.25, 0.3) is 5.91 Å². The van der Waals surface area contributed by atoms with Gasteiger partial charge in [0, 0.05) is 29.8 Å². The summed E-state index contributed by atoms with van der Waals surface area (Å²) in [6.45, 7) is -0.380. The number of urea groups is 1. The third kappa shape index (κ3) is 4.95. The van der Waals surface area contributed by atoms with Crippen LogP contribution in [-0.2, 0) is 0 Å². The van der Waals surface area contributed by atoms with Crippen LogP contribution >= 0.6 is 11.6 Å². The molecule has 1 aliphatic rings. The number of pyridine rings is 1. The van der Waals surface area contributed by atoms with Crippen molar-refractivity contribution in [1.29, 1.82) is 0 Å². The molecule has 0 bridgehead atoms. The lowest BCUT2D eigenvalue weighted by Crippen LogP contribution is -2.30. The van der Waals surface area contributed by atoms with Crippen molar-refractivity contribution in [2.75, 3.05) is 18.5 Å². The molecule has 0 saturated heterocycles. The van der Waals surface area contributed by atoms with Crippen LogP contribution in [-0.4, -0.2) is 41.3 Å². The SMILES string of the molecule is NC(=O)c1cc2c(Oc3c(F)cc(NC(=O)NC4CC4)c(Cl)c3F)ccnc2cc1OCCO. The van der Waals surface area contributed by atoms with E-state index in [0.29, 0.717) is 0 Å². The smallest absolute Gasteiger partial charge is 0.319 e. The standard InChI is InChI=1S/C22H19ClF2N4O5/c23-18-15(29-22(32)28-10-1-2-10)8-13(24)20(19(18)25)34-16-3-4-27-14-9-17(33-6-5-30)12(21(26)31)7-11(14)16/h3-4,7-10,30H,1-2,5-6H2,(H2,26,31)(H2,28,29,32). The van der Waals surface area contributed by atoms with Crippen LogP contribution < -0.4 is 25.8 Å². The Balaban J connectivity index is 1.69. The van der Waals surface area contributed by atoms with Gasteiger partial charge in [-0.2, -0.15) is 0 Å². The fourth-order valence-corrected chi connectivity index (χ4v) is 3.34. The molecule has 9 nitrogen and oxygen atoms in total. The largest absolute Gasteiger partial charge is 0.490 e. The maximum absolute atomic E-state index is 14.9. The van der Waals surface area contributed by atoms with E-state index in [0.717, 1.165) is 18.9 Å². The number of aliphatic hydroxyl groups is 1. The van der Waals surface area contributed by atoms with Crippen LogP contribution in [0.25, 0.3) is 10.9 Å². The van der Waals surface area contributed by atoms with E-state index < -0.39 is 34.3 Å². The van der Waals surface area contributed by atoms with Gasteiger partial charge in [-0.3, -0.25) is 9.78 Å². The van der Waals surface area contributed by atoms with Crippen LogP contribution in [0.4, 0.5) is 19.3 Å².